The number of aliphatic hydroxyl groups excluding tert-OH is 2. The molecule has 3 heterocycles. The van der Waals surface area contributed by atoms with Gasteiger partial charge in [-0.2, -0.15) is 0 Å². The highest BCUT2D eigenvalue weighted by atomic mass is 16.6. The minimum Gasteiger partial charge on any atom is -0.460 e. The Hall–Kier alpha value is -3.41. The first-order valence-corrected chi connectivity index (χ1v) is 24.6. The summed E-state index contributed by atoms with van der Waals surface area (Å²) in [4.78, 5) is 71.7. The molecule has 0 aromatic carbocycles. The molecule has 0 radical (unpaired) electrons. The predicted molar refractivity (Wildman–Crippen MR) is 251 cm³/mol. The van der Waals surface area contributed by atoms with Gasteiger partial charge in [0.1, 0.15) is 30.1 Å². The monoisotopic (exact) mass is 944 g/mol. The Morgan fingerprint density at radius 1 is 0.821 bits per heavy atom. The summed E-state index contributed by atoms with van der Waals surface area (Å²) in [5.74, 6) is -7.56. The first-order chi connectivity index (χ1) is 31.9. The normalized spacial score (nSPS) is 39.1. The number of hydrogen-bond donors (Lipinski definition) is 3. The molecule has 2 saturated heterocycles. The number of amides is 1. The number of hydrogen-bond acceptors (Lipinski definition) is 14. The van der Waals surface area contributed by atoms with Gasteiger partial charge in [0.05, 0.1) is 37.6 Å². The molecule has 14 atom stereocenters. The van der Waals surface area contributed by atoms with Crippen molar-refractivity contribution in [2.24, 2.45) is 29.6 Å². The van der Waals surface area contributed by atoms with E-state index in [1.54, 1.807) is 41.1 Å². The fourth-order valence-corrected chi connectivity index (χ4v) is 10.2. The van der Waals surface area contributed by atoms with Crippen molar-refractivity contribution in [2.45, 2.75) is 180 Å². The van der Waals surface area contributed by atoms with E-state index in [1.807, 2.05) is 51.2 Å². The third kappa shape index (κ3) is 15.5. The highest BCUT2D eigenvalue weighted by molar-refractivity contribution is 6.39. The summed E-state index contributed by atoms with van der Waals surface area (Å²) >= 11 is 0. The molecule has 0 spiro atoms. The number of aliphatic hydroxyl groups is 3. The van der Waals surface area contributed by atoms with Gasteiger partial charge >= 0.3 is 5.97 Å². The summed E-state index contributed by atoms with van der Waals surface area (Å²) in [6.45, 7) is 10.9. The molecule has 2 bridgehead atoms. The van der Waals surface area contributed by atoms with E-state index in [0.29, 0.717) is 69.8 Å². The Bertz CT molecular complexity index is 1770. The van der Waals surface area contributed by atoms with Gasteiger partial charge in [0.2, 0.25) is 5.79 Å². The number of methoxy groups -OCH3 is 3. The minimum absolute atomic E-state index is 0.0182. The number of esters is 1. The van der Waals surface area contributed by atoms with Crippen LogP contribution in [0.5, 0.6) is 0 Å². The lowest BCUT2D eigenvalue weighted by Gasteiger charge is -2.42. The lowest BCUT2D eigenvalue weighted by Crippen LogP contribution is -2.60. The van der Waals surface area contributed by atoms with Gasteiger partial charge in [-0.05, 0) is 107 Å². The van der Waals surface area contributed by atoms with Crippen molar-refractivity contribution in [3.8, 4) is 0 Å². The fourth-order valence-electron chi connectivity index (χ4n) is 10.2. The molecule has 3 aliphatic heterocycles. The second kappa shape index (κ2) is 27.1. The molecule has 4 aliphatic rings. The lowest BCUT2D eigenvalue weighted by atomic mass is 9.81. The second-order valence-corrected chi connectivity index (χ2v) is 19.6. The molecule has 1 unspecified atom stereocenters. The predicted octanol–water partition coefficient (Wildman–Crippen LogP) is 5.95. The van der Waals surface area contributed by atoms with Crippen molar-refractivity contribution in [1.82, 2.24) is 4.90 Å². The average Bonchev–Trinajstić information content (AvgIpc) is 3.31. The summed E-state index contributed by atoms with van der Waals surface area (Å²) < 4.78 is 35.3. The molecule has 3 N–H and O–H groups in total. The van der Waals surface area contributed by atoms with Crippen molar-refractivity contribution in [3.05, 3.63) is 47.6 Å². The van der Waals surface area contributed by atoms with Crippen LogP contribution < -0.4 is 0 Å². The van der Waals surface area contributed by atoms with Gasteiger partial charge in [-0.1, -0.05) is 64.2 Å². The highest BCUT2D eigenvalue weighted by Crippen LogP contribution is 2.37. The van der Waals surface area contributed by atoms with Crippen LogP contribution in [0.2, 0.25) is 0 Å². The van der Waals surface area contributed by atoms with Gasteiger partial charge in [-0.15, -0.1) is 0 Å². The van der Waals surface area contributed by atoms with Crippen molar-refractivity contribution >= 4 is 29.2 Å². The number of rotatable bonds is 9. The van der Waals surface area contributed by atoms with E-state index in [9.17, 15) is 39.3 Å². The van der Waals surface area contributed by atoms with Crippen LogP contribution in [0.4, 0.5) is 0 Å². The zero-order valence-electron chi connectivity index (χ0n) is 41.6. The van der Waals surface area contributed by atoms with E-state index in [-0.39, 0.29) is 68.2 Å². The van der Waals surface area contributed by atoms with E-state index in [4.69, 9.17) is 28.4 Å². The quantitative estimate of drug-likeness (QED) is 0.139. The first kappa shape index (κ1) is 56.2. The number of fused-ring (bicyclic) bond motifs is 3. The molecule has 4 rings (SSSR count). The SMILES string of the molecule is CO[C@H]1C[C@@H]2CC[C@@H](C)[C@@](O)(O2)C(=O)C(=O)N2CCCC[C@H]2C(=O)OC(CC[C@@H]2CC[C@H](OCCO)[C@H](OC)C2)CC(=O)[C@H](C)/C=C(\C)[C@@H](O)[C@@H](OC)C(=O)[C@H](C)C[C@H](C)/C=C/C=C/C=C/1C. The molecule has 1 amide bonds. The number of piperidine rings is 1. The second-order valence-electron chi connectivity index (χ2n) is 19.6. The van der Waals surface area contributed by atoms with Gasteiger partial charge in [-0.3, -0.25) is 19.2 Å². The van der Waals surface area contributed by atoms with Crippen LogP contribution in [0.15, 0.2) is 47.6 Å². The Labute approximate surface area is 398 Å². The maximum absolute atomic E-state index is 14.3. The van der Waals surface area contributed by atoms with E-state index in [1.165, 1.54) is 12.0 Å². The third-order valence-corrected chi connectivity index (χ3v) is 14.5. The maximum Gasteiger partial charge on any atom is 0.329 e. The zero-order valence-corrected chi connectivity index (χ0v) is 41.6. The van der Waals surface area contributed by atoms with Crippen LogP contribution >= 0.6 is 0 Å². The fraction of sp³-hybridized carbons (Fsp3) is 0.750. The molecule has 15 heteroatoms. The third-order valence-electron chi connectivity index (χ3n) is 14.5. The largest absolute Gasteiger partial charge is 0.460 e. The average molecular weight is 944 g/mol. The van der Waals surface area contributed by atoms with Crippen LogP contribution in [0.1, 0.15) is 125 Å². The van der Waals surface area contributed by atoms with Gasteiger partial charge in [0, 0.05) is 58.5 Å². The van der Waals surface area contributed by atoms with Gasteiger partial charge in [0.25, 0.3) is 11.7 Å². The molecular weight excluding hydrogens is 863 g/mol. The summed E-state index contributed by atoms with van der Waals surface area (Å²) in [5, 5.41) is 32.7. The number of cyclic esters (lactones) is 1. The standard InChI is InChI=1S/C52H81NO14/c1-32-15-11-10-12-16-33(2)44(62-7)31-40-21-18-37(6)52(61,67-40)49(58)50(59)53-24-14-13-17-41(53)51(60)66-39(22-19-38-20-23-43(65-26-25-54)45(29-38)63-8)30-42(55)34(3)28-36(5)47(57)48(64-9)46(56)35(4)27-32/h10-12,15-16,28,32,34-35,37-41,43-45,47-48,54,57,61H,13-14,17-27,29-31H2,1-9H3/b12-10+,15-11+,33-16+,36-28+/t32-,34-,35-,37-,38-,39?,40+,41+,43+,44+,45-,47-,48+,52-/m1/s1. The summed E-state index contributed by atoms with van der Waals surface area (Å²) in [6.07, 6.45) is 12.4. The number of ether oxygens (including phenoxy) is 6. The van der Waals surface area contributed by atoms with E-state index in [2.05, 4.69) is 0 Å². The lowest BCUT2D eigenvalue weighted by molar-refractivity contribution is -0.265. The molecule has 67 heavy (non-hydrogen) atoms. The van der Waals surface area contributed by atoms with Gasteiger partial charge < -0.3 is 48.6 Å². The number of allylic oxidation sites excluding steroid dienone is 6. The topological polar surface area (TPSA) is 205 Å². The molecule has 15 nitrogen and oxygen atoms in total. The van der Waals surface area contributed by atoms with Crippen molar-refractivity contribution in [2.75, 3.05) is 41.1 Å². The van der Waals surface area contributed by atoms with Gasteiger partial charge in [0.15, 0.2) is 5.78 Å². The summed E-state index contributed by atoms with van der Waals surface area (Å²) in [6, 6.07) is -1.13. The van der Waals surface area contributed by atoms with Crippen LogP contribution in [-0.2, 0) is 52.4 Å². The minimum atomic E-state index is -2.43. The number of ketones is 3. The molecule has 3 fully saturated rings. The number of carbonyl (C=O) groups excluding carboxylic acids is 5. The summed E-state index contributed by atoms with van der Waals surface area (Å²) in [7, 11) is 4.58. The van der Waals surface area contributed by atoms with Crippen LogP contribution in [0.25, 0.3) is 0 Å². The Morgan fingerprint density at radius 2 is 1.57 bits per heavy atom. The van der Waals surface area contributed by atoms with Crippen LogP contribution in [0, 0.1) is 29.6 Å². The number of carbonyl (C=O) groups is 5. The molecular formula is C52H81NO14. The smallest absolute Gasteiger partial charge is 0.329 e. The Kier molecular flexibility index (Phi) is 22.7. The molecule has 1 aliphatic carbocycles. The number of Topliss-reactive ketones (excluding diaryl/α,β-unsaturated/α-hetero) is 3. The Morgan fingerprint density at radius 3 is 2.25 bits per heavy atom. The maximum atomic E-state index is 14.3. The van der Waals surface area contributed by atoms with E-state index >= 15 is 0 Å². The molecule has 1 saturated carbocycles. The molecule has 378 valence electrons. The van der Waals surface area contributed by atoms with E-state index in [0.717, 1.165) is 12.0 Å². The van der Waals surface area contributed by atoms with Crippen molar-refractivity contribution in [3.63, 3.8) is 0 Å². The van der Waals surface area contributed by atoms with Gasteiger partial charge in [-0.25, -0.2) is 4.79 Å². The van der Waals surface area contributed by atoms with Crippen molar-refractivity contribution in [1.29, 1.82) is 0 Å². The zero-order chi connectivity index (χ0) is 49.4. The van der Waals surface area contributed by atoms with Crippen LogP contribution in [-0.4, -0.2) is 145 Å². The Balaban J connectivity index is 1.67. The molecule has 0 aromatic rings. The summed E-state index contributed by atoms with van der Waals surface area (Å²) in [5.41, 5.74) is 1.27. The van der Waals surface area contributed by atoms with E-state index < -0.39 is 77.8 Å². The molecule has 0 aromatic heterocycles. The first-order valence-electron chi connectivity index (χ1n) is 24.6. The number of nitrogens with zero attached hydrogens (tertiary/aromatic N) is 1. The van der Waals surface area contributed by atoms with Crippen LogP contribution in [0.3, 0.4) is 0 Å². The highest BCUT2D eigenvalue weighted by Gasteiger charge is 2.53. The van der Waals surface area contributed by atoms with Crippen molar-refractivity contribution < 1.29 is 67.7 Å².